The van der Waals surface area contributed by atoms with Crippen LogP contribution in [0.2, 0.25) is 5.02 Å². The zero-order valence-corrected chi connectivity index (χ0v) is 8.31. The van der Waals surface area contributed by atoms with Gasteiger partial charge in [0.1, 0.15) is 0 Å². The third kappa shape index (κ3) is 1.52. The number of rotatable bonds is 1. The Morgan fingerprint density at radius 3 is 3.08 bits per heavy atom. The zero-order valence-electron chi connectivity index (χ0n) is 7.55. The number of hydrogen-bond acceptors (Lipinski definition) is 2. The first-order chi connectivity index (χ1) is 6.18. The third-order valence-corrected chi connectivity index (χ3v) is 2.80. The average molecular weight is 197 g/mol. The molecule has 2 unspecified atom stereocenters. The molecular formula is C10H13ClN2. The molecule has 3 heteroatoms. The van der Waals surface area contributed by atoms with Gasteiger partial charge in [-0.3, -0.25) is 0 Å². The van der Waals surface area contributed by atoms with Crippen LogP contribution in [0.15, 0.2) is 18.2 Å². The molecule has 1 aromatic carbocycles. The summed E-state index contributed by atoms with van der Waals surface area (Å²) in [4.78, 5) is 0. The maximum absolute atomic E-state index is 5.88. The molecular weight excluding hydrogens is 184 g/mol. The van der Waals surface area contributed by atoms with Gasteiger partial charge in [0.05, 0.1) is 0 Å². The highest BCUT2D eigenvalue weighted by Crippen LogP contribution is 2.34. The summed E-state index contributed by atoms with van der Waals surface area (Å²) in [5.74, 6) is 0.423. The standard InChI is InChI=1S/C10H13ClN2/c1-6(12)9-5-13-10-4-7(11)2-3-8(9)10/h2-4,6,9,13H,5,12H2,1H3. The molecule has 0 saturated heterocycles. The minimum Gasteiger partial charge on any atom is -0.384 e. The SMILES string of the molecule is CC(N)C1CNc2cc(Cl)ccc21. The summed E-state index contributed by atoms with van der Waals surface area (Å²) in [6.45, 7) is 2.96. The fraction of sp³-hybridized carbons (Fsp3) is 0.400. The van der Waals surface area contributed by atoms with Crippen molar-refractivity contribution in [3.63, 3.8) is 0 Å². The van der Waals surface area contributed by atoms with Crippen molar-refractivity contribution in [2.24, 2.45) is 5.73 Å². The van der Waals surface area contributed by atoms with E-state index in [2.05, 4.69) is 11.4 Å². The molecule has 0 aliphatic carbocycles. The van der Waals surface area contributed by atoms with Gasteiger partial charge in [-0.15, -0.1) is 0 Å². The van der Waals surface area contributed by atoms with Gasteiger partial charge in [-0.1, -0.05) is 17.7 Å². The van der Waals surface area contributed by atoms with Crippen LogP contribution >= 0.6 is 11.6 Å². The number of nitrogens with one attached hydrogen (secondary N) is 1. The normalized spacial score (nSPS) is 22.2. The molecule has 70 valence electrons. The molecule has 13 heavy (non-hydrogen) atoms. The van der Waals surface area contributed by atoms with Crippen molar-refractivity contribution >= 4 is 17.3 Å². The van der Waals surface area contributed by atoms with Gasteiger partial charge < -0.3 is 11.1 Å². The second-order valence-electron chi connectivity index (χ2n) is 3.58. The third-order valence-electron chi connectivity index (χ3n) is 2.56. The minimum atomic E-state index is 0.190. The Bertz CT molecular complexity index is 323. The van der Waals surface area contributed by atoms with Gasteiger partial charge in [0.15, 0.2) is 0 Å². The molecule has 1 aliphatic rings. The molecule has 3 N–H and O–H groups in total. The highest BCUT2D eigenvalue weighted by molar-refractivity contribution is 6.30. The van der Waals surface area contributed by atoms with Gasteiger partial charge in [0.2, 0.25) is 0 Å². The van der Waals surface area contributed by atoms with Gasteiger partial charge >= 0.3 is 0 Å². The Labute approximate surface area is 83.1 Å². The Morgan fingerprint density at radius 2 is 2.38 bits per heavy atom. The van der Waals surface area contributed by atoms with Gasteiger partial charge in [0, 0.05) is 29.2 Å². The second kappa shape index (κ2) is 3.20. The number of anilines is 1. The maximum Gasteiger partial charge on any atom is 0.0426 e. The van der Waals surface area contributed by atoms with Crippen LogP contribution in [0.1, 0.15) is 18.4 Å². The van der Waals surface area contributed by atoms with Gasteiger partial charge in [-0.2, -0.15) is 0 Å². The van der Waals surface area contributed by atoms with Crippen molar-refractivity contribution in [1.82, 2.24) is 0 Å². The number of halogens is 1. The largest absolute Gasteiger partial charge is 0.384 e. The van der Waals surface area contributed by atoms with E-state index in [-0.39, 0.29) is 6.04 Å². The van der Waals surface area contributed by atoms with Crippen LogP contribution in [0.5, 0.6) is 0 Å². The quantitative estimate of drug-likeness (QED) is 0.723. The minimum absolute atomic E-state index is 0.190. The number of fused-ring (bicyclic) bond motifs is 1. The van der Waals surface area contributed by atoms with Crippen LogP contribution in [0, 0.1) is 0 Å². The van der Waals surface area contributed by atoms with Gasteiger partial charge in [-0.05, 0) is 24.6 Å². The lowest BCUT2D eigenvalue weighted by Gasteiger charge is -2.13. The molecule has 1 aliphatic heterocycles. The second-order valence-corrected chi connectivity index (χ2v) is 4.01. The lowest BCUT2D eigenvalue weighted by Crippen LogP contribution is -2.25. The van der Waals surface area contributed by atoms with Crippen molar-refractivity contribution < 1.29 is 0 Å². The highest BCUT2D eigenvalue weighted by atomic mass is 35.5. The topological polar surface area (TPSA) is 38.0 Å². The van der Waals surface area contributed by atoms with Crippen molar-refractivity contribution in [2.75, 3.05) is 11.9 Å². The van der Waals surface area contributed by atoms with Crippen molar-refractivity contribution in [3.05, 3.63) is 28.8 Å². The average Bonchev–Trinajstić information content (AvgIpc) is 2.46. The van der Waals surface area contributed by atoms with E-state index in [1.54, 1.807) is 0 Å². The van der Waals surface area contributed by atoms with Crippen molar-refractivity contribution in [2.45, 2.75) is 18.9 Å². The van der Waals surface area contributed by atoms with E-state index >= 15 is 0 Å². The molecule has 1 heterocycles. The zero-order chi connectivity index (χ0) is 9.42. The molecule has 1 aromatic rings. The fourth-order valence-electron chi connectivity index (χ4n) is 1.80. The predicted molar refractivity (Wildman–Crippen MR) is 56.3 cm³/mol. The Hall–Kier alpha value is -0.730. The molecule has 0 fully saturated rings. The Morgan fingerprint density at radius 1 is 1.62 bits per heavy atom. The van der Waals surface area contributed by atoms with E-state index in [1.165, 1.54) is 5.56 Å². The monoisotopic (exact) mass is 196 g/mol. The summed E-state index contributed by atoms with van der Waals surface area (Å²) in [6.07, 6.45) is 0. The first-order valence-corrected chi connectivity index (χ1v) is 4.85. The summed E-state index contributed by atoms with van der Waals surface area (Å²) in [5.41, 5.74) is 8.30. The van der Waals surface area contributed by atoms with E-state index in [0.717, 1.165) is 17.3 Å². The van der Waals surface area contributed by atoms with Crippen LogP contribution < -0.4 is 11.1 Å². The Balaban J connectivity index is 2.38. The summed E-state index contributed by atoms with van der Waals surface area (Å²) < 4.78 is 0. The Kier molecular flexibility index (Phi) is 2.18. The number of nitrogens with two attached hydrogens (primary N) is 1. The van der Waals surface area contributed by atoms with E-state index in [4.69, 9.17) is 17.3 Å². The van der Waals surface area contributed by atoms with Crippen molar-refractivity contribution in [1.29, 1.82) is 0 Å². The van der Waals surface area contributed by atoms with E-state index in [9.17, 15) is 0 Å². The molecule has 0 radical (unpaired) electrons. The lowest BCUT2D eigenvalue weighted by molar-refractivity contribution is 0.610. The van der Waals surface area contributed by atoms with Gasteiger partial charge in [-0.25, -0.2) is 0 Å². The highest BCUT2D eigenvalue weighted by Gasteiger charge is 2.24. The number of benzene rings is 1. The van der Waals surface area contributed by atoms with Crippen LogP contribution in [0.25, 0.3) is 0 Å². The van der Waals surface area contributed by atoms with Crippen LogP contribution in [-0.4, -0.2) is 12.6 Å². The predicted octanol–water partition coefficient (Wildman–Crippen LogP) is 2.20. The van der Waals surface area contributed by atoms with E-state index in [1.807, 2.05) is 19.1 Å². The molecule has 0 aromatic heterocycles. The molecule has 2 nitrogen and oxygen atoms in total. The molecule has 2 atom stereocenters. The number of hydrogen-bond donors (Lipinski definition) is 2. The molecule has 0 bridgehead atoms. The fourth-order valence-corrected chi connectivity index (χ4v) is 1.98. The van der Waals surface area contributed by atoms with E-state index < -0.39 is 0 Å². The smallest absolute Gasteiger partial charge is 0.0426 e. The molecule has 2 rings (SSSR count). The van der Waals surface area contributed by atoms with Crippen LogP contribution in [0.4, 0.5) is 5.69 Å². The van der Waals surface area contributed by atoms with Crippen molar-refractivity contribution in [3.8, 4) is 0 Å². The molecule has 0 spiro atoms. The first-order valence-electron chi connectivity index (χ1n) is 4.47. The van der Waals surface area contributed by atoms with Crippen LogP contribution in [-0.2, 0) is 0 Å². The first kappa shape index (κ1) is 8.85. The van der Waals surface area contributed by atoms with E-state index in [0.29, 0.717) is 5.92 Å². The maximum atomic E-state index is 5.88. The molecule has 0 amide bonds. The van der Waals surface area contributed by atoms with Gasteiger partial charge in [0.25, 0.3) is 0 Å². The summed E-state index contributed by atoms with van der Waals surface area (Å²) >= 11 is 5.88. The van der Waals surface area contributed by atoms with Crippen LogP contribution in [0.3, 0.4) is 0 Å². The summed E-state index contributed by atoms with van der Waals surface area (Å²) in [5, 5.41) is 4.08. The lowest BCUT2D eigenvalue weighted by atomic mass is 9.95. The summed E-state index contributed by atoms with van der Waals surface area (Å²) in [7, 11) is 0. The molecule has 0 saturated carbocycles. The summed E-state index contributed by atoms with van der Waals surface area (Å²) in [6, 6.07) is 6.13.